The van der Waals surface area contributed by atoms with Crippen LogP contribution in [0.2, 0.25) is 0 Å². The lowest BCUT2D eigenvalue weighted by atomic mass is 10.1. The molecule has 2 aliphatic heterocycles. The van der Waals surface area contributed by atoms with E-state index in [1.165, 1.54) is 26.2 Å². The van der Waals surface area contributed by atoms with Crippen molar-refractivity contribution >= 4 is 53.4 Å². The molecule has 15 heteroatoms. The van der Waals surface area contributed by atoms with E-state index in [2.05, 4.69) is 10.5 Å². The molecule has 3 N–H and O–H groups in total. The van der Waals surface area contributed by atoms with Crippen molar-refractivity contribution in [3.8, 4) is 0 Å². The number of carbonyl (C=O) groups excluding carboxylic acids is 4. The molecular weight excluding hydrogens is 560 g/mol. The minimum Gasteiger partial charge on any atom is -0.333 e. The number of nitrogens with zero attached hydrogens (tertiary/aromatic N) is 2. The topological polar surface area (TPSA) is 181 Å². The first-order valence-electron chi connectivity index (χ1n) is 10.7. The van der Waals surface area contributed by atoms with Gasteiger partial charge in [0.1, 0.15) is 0 Å². The summed E-state index contributed by atoms with van der Waals surface area (Å²) < 4.78 is 46.3. The lowest BCUT2D eigenvalue weighted by Gasteiger charge is -2.13. The Labute approximate surface area is 226 Å². The van der Waals surface area contributed by atoms with E-state index in [0.717, 1.165) is 9.80 Å². The van der Waals surface area contributed by atoms with E-state index < -0.39 is 48.5 Å². The summed E-state index contributed by atoms with van der Waals surface area (Å²) in [6.45, 7) is -0.367. The molecule has 0 saturated carbocycles. The Morgan fingerprint density at radius 2 is 0.974 bits per heavy atom. The van der Waals surface area contributed by atoms with Crippen molar-refractivity contribution in [2.75, 3.05) is 38.7 Å². The van der Waals surface area contributed by atoms with Gasteiger partial charge in [-0.25, -0.2) is 21.6 Å². The van der Waals surface area contributed by atoms with Gasteiger partial charge >= 0.3 is 0 Å². The molecule has 4 amide bonds. The molecule has 2 aliphatic rings. The fourth-order valence-corrected chi connectivity index (χ4v) is 4.63. The third kappa shape index (κ3) is 7.68. The van der Waals surface area contributed by atoms with E-state index in [-0.39, 0.29) is 26.3 Å². The number of imide groups is 2. The monoisotopic (exact) mass is 588 g/mol. The molecule has 0 radical (unpaired) electrons. The second-order valence-electron chi connectivity index (χ2n) is 7.38. The van der Waals surface area contributed by atoms with E-state index in [4.69, 9.17) is 10.7 Å². The standard InChI is InChI=1S/C11H12N2O4S.C10H8ClNO4S.CH5N.CH4/c1-12-18(16,17)7-6-13-10(14)8-4-2-3-5-9(8)11(13)15;11-17(15,16)6-5-12-9(13)7-3-1-2-4-8(7)10(12)14;1-2;/h2-5,12H,6-7H2,1H3;1-4H,5-6H2;2H2,1H3;1H4. The minimum absolute atomic E-state index is 0. The number of nitrogens with two attached hydrogens (primary N) is 1. The van der Waals surface area contributed by atoms with Crippen LogP contribution in [0, 0.1) is 0 Å². The molecule has 0 aliphatic carbocycles. The van der Waals surface area contributed by atoms with E-state index in [0.29, 0.717) is 22.3 Å². The number of hydrogen-bond acceptors (Lipinski definition) is 9. The average molecular weight is 589 g/mol. The first-order chi connectivity index (χ1) is 17.4. The highest BCUT2D eigenvalue weighted by Gasteiger charge is 2.36. The number of benzene rings is 2. The number of sulfonamides is 1. The fraction of sp³-hybridized carbons (Fsp3) is 0.304. The van der Waals surface area contributed by atoms with E-state index >= 15 is 0 Å². The zero-order valence-corrected chi connectivity index (χ0v) is 22.3. The van der Waals surface area contributed by atoms with Crippen LogP contribution < -0.4 is 10.5 Å². The van der Waals surface area contributed by atoms with Crippen LogP contribution in [0.3, 0.4) is 0 Å². The van der Waals surface area contributed by atoms with Crippen LogP contribution in [-0.4, -0.2) is 89.0 Å². The van der Waals surface area contributed by atoms with Crippen molar-refractivity contribution in [2.45, 2.75) is 7.43 Å². The van der Waals surface area contributed by atoms with E-state index in [1.54, 1.807) is 36.4 Å². The minimum atomic E-state index is -3.72. The van der Waals surface area contributed by atoms with Gasteiger partial charge in [-0.15, -0.1) is 0 Å². The van der Waals surface area contributed by atoms with Crippen LogP contribution in [0.25, 0.3) is 0 Å². The van der Waals surface area contributed by atoms with Crippen molar-refractivity contribution in [1.82, 2.24) is 14.5 Å². The summed E-state index contributed by atoms with van der Waals surface area (Å²) >= 11 is 0. The smallest absolute Gasteiger partial charge is 0.261 e. The predicted octanol–water partition coefficient (Wildman–Crippen LogP) is 0.894. The van der Waals surface area contributed by atoms with Crippen molar-refractivity contribution in [3.05, 3.63) is 70.8 Å². The molecule has 2 heterocycles. The first kappa shape index (κ1) is 32.9. The van der Waals surface area contributed by atoms with Gasteiger partial charge in [0, 0.05) is 23.8 Å². The maximum absolute atomic E-state index is 11.9. The summed E-state index contributed by atoms with van der Waals surface area (Å²) in [5.41, 5.74) is 5.74. The number of fused-ring (bicyclic) bond motifs is 2. The molecule has 0 atom stereocenters. The second kappa shape index (κ2) is 13.6. The second-order valence-corrected chi connectivity index (χ2v) is 12.3. The Balaban J connectivity index is 0.000000349. The van der Waals surface area contributed by atoms with Crippen LogP contribution in [0.15, 0.2) is 48.5 Å². The summed E-state index contributed by atoms with van der Waals surface area (Å²) in [5.74, 6) is -2.59. The maximum Gasteiger partial charge on any atom is 0.261 e. The predicted molar refractivity (Wildman–Crippen MR) is 143 cm³/mol. The Morgan fingerprint density at radius 1 is 0.684 bits per heavy atom. The highest BCUT2D eigenvalue weighted by molar-refractivity contribution is 8.13. The van der Waals surface area contributed by atoms with Crippen molar-refractivity contribution in [1.29, 1.82) is 0 Å². The zero-order chi connectivity index (χ0) is 28.0. The number of halogens is 1. The third-order valence-electron chi connectivity index (χ3n) is 5.21. The SMILES string of the molecule is C.CN.CNS(=O)(=O)CCN1C(=O)c2ccccc2C1=O.O=C1c2ccccc2C(=O)N1CCS(=O)(=O)Cl. The van der Waals surface area contributed by atoms with Gasteiger partial charge in [0.05, 0.1) is 33.8 Å². The average Bonchev–Trinajstić information content (AvgIpc) is 3.27. The van der Waals surface area contributed by atoms with Crippen molar-refractivity contribution in [3.63, 3.8) is 0 Å². The van der Waals surface area contributed by atoms with Gasteiger partial charge in [-0.2, -0.15) is 0 Å². The van der Waals surface area contributed by atoms with Gasteiger partial charge in [-0.3, -0.25) is 29.0 Å². The molecule has 0 fully saturated rings. The number of rotatable bonds is 7. The Bertz CT molecular complexity index is 1360. The Morgan fingerprint density at radius 3 is 1.24 bits per heavy atom. The lowest BCUT2D eigenvalue weighted by Crippen LogP contribution is -2.36. The fourth-order valence-electron chi connectivity index (χ4n) is 3.40. The molecule has 208 valence electrons. The maximum atomic E-state index is 11.9. The number of amides is 4. The summed E-state index contributed by atoms with van der Waals surface area (Å²) in [4.78, 5) is 49.2. The van der Waals surface area contributed by atoms with Gasteiger partial charge in [-0.05, 0) is 38.4 Å². The molecule has 4 rings (SSSR count). The van der Waals surface area contributed by atoms with Gasteiger partial charge in [0.15, 0.2) is 0 Å². The normalized spacial score (nSPS) is 14.1. The largest absolute Gasteiger partial charge is 0.333 e. The van der Waals surface area contributed by atoms with Crippen LogP contribution >= 0.6 is 10.7 Å². The summed E-state index contributed by atoms with van der Waals surface area (Å²) in [7, 11) is 0.674. The third-order valence-corrected chi connectivity index (χ3v) is 7.68. The number of hydrogen-bond donors (Lipinski definition) is 2. The molecular formula is C23H29ClN4O8S2. The molecule has 0 aromatic heterocycles. The van der Waals surface area contributed by atoms with Gasteiger partial charge in [-0.1, -0.05) is 31.7 Å². The van der Waals surface area contributed by atoms with Crippen LogP contribution in [0.4, 0.5) is 0 Å². The first-order valence-corrected chi connectivity index (χ1v) is 14.8. The Hall–Kier alpha value is -3.17. The van der Waals surface area contributed by atoms with Crippen LogP contribution in [0.5, 0.6) is 0 Å². The van der Waals surface area contributed by atoms with E-state index in [9.17, 15) is 36.0 Å². The molecule has 2 aromatic carbocycles. The molecule has 0 bridgehead atoms. The summed E-state index contributed by atoms with van der Waals surface area (Å²) in [5, 5.41) is 0. The summed E-state index contributed by atoms with van der Waals surface area (Å²) in [6.07, 6.45) is 0. The highest BCUT2D eigenvalue weighted by atomic mass is 35.7. The Kier molecular flexibility index (Phi) is 11.7. The molecule has 38 heavy (non-hydrogen) atoms. The zero-order valence-electron chi connectivity index (χ0n) is 19.9. The molecule has 0 saturated heterocycles. The number of carbonyl (C=O) groups is 4. The van der Waals surface area contributed by atoms with Gasteiger partial charge in [0.25, 0.3) is 23.6 Å². The van der Waals surface area contributed by atoms with Crippen molar-refractivity contribution in [2.24, 2.45) is 5.73 Å². The molecule has 2 aromatic rings. The molecule has 12 nitrogen and oxygen atoms in total. The van der Waals surface area contributed by atoms with Gasteiger partial charge in [0.2, 0.25) is 19.1 Å². The van der Waals surface area contributed by atoms with E-state index in [1.807, 2.05) is 0 Å². The summed E-state index contributed by atoms with van der Waals surface area (Å²) in [6, 6.07) is 12.8. The quantitative estimate of drug-likeness (QED) is 0.350. The highest BCUT2D eigenvalue weighted by Crippen LogP contribution is 2.23. The lowest BCUT2D eigenvalue weighted by molar-refractivity contribution is 0.0648. The molecule has 0 unspecified atom stereocenters. The van der Waals surface area contributed by atoms with Crippen molar-refractivity contribution < 1.29 is 36.0 Å². The number of nitrogens with one attached hydrogen (secondary N) is 1. The van der Waals surface area contributed by atoms with Crippen LogP contribution in [0.1, 0.15) is 48.9 Å². The van der Waals surface area contributed by atoms with Crippen LogP contribution in [-0.2, 0) is 19.1 Å². The molecule has 0 spiro atoms. The van der Waals surface area contributed by atoms with Gasteiger partial charge < -0.3 is 5.73 Å².